The van der Waals surface area contributed by atoms with Gasteiger partial charge in [0.2, 0.25) is 0 Å². The molecular formula is C12H10N4O2S. The molecule has 0 fully saturated rings. The maximum atomic E-state index is 10.7. The molecule has 0 radical (unpaired) electrons. The van der Waals surface area contributed by atoms with Gasteiger partial charge in [-0.3, -0.25) is 4.79 Å². The molecule has 0 saturated carbocycles. The van der Waals surface area contributed by atoms with Crippen molar-refractivity contribution in [3.05, 3.63) is 35.1 Å². The van der Waals surface area contributed by atoms with Gasteiger partial charge < -0.3 is 5.11 Å². The van der Waals surface area contributed by atoms with E-state index in [-0.39, 0.29) is 12.2 Å². The van der Waals surface area contributed by atoms with Crippen molar-refractivity contribution in [2.45, 2.75) is 13.3 Å². The van der Waals surface area contributed by atoms with Crippen LogP contribution in [0.5, 0.6) is 0 Å². The fourth-order valence-corrected chi connectivity index (χ4v) is 2.68. The maximum absolute atomic E-state index is 10.7. The van der Waals surface area contributed by atoms with Crippen molar-refractivity contribution in [2.75, 3.05) is 0 Å². The number of carbonyl (C=O) groups is 1. The molecule has 7 heteroatoms. The zero-order valence-corrected chi connectivity index (χ0v) is 10.9. The summed E-state index contributed by atoms with van der Waals surface area (Å²) < 4.78 is 1.59. The standard InChI is InChI=1S/C12H10N4O2S/c1-7-2-3-9(19-7)8-4-5-13-12-14-10(6-11(17)18)15-16(8)12/h2-5H,6H2,1H3,(H,17,18). The molecule has 0 aromatic carbocycles. The first kappa shape index (κ1) is 11.8. The molecule has 0 bridgehead atoms. The van der Waals surface area contributed by atoms with Crippen LogP contribution in [0.25, 0.3) is 16.3 Å². The molecule has 3 heterocycles. The van der Waals surface area contributed by atoms with Crippen molar-refractivity contribution in [2.24, 2.45) is 0 Å². The number of nitrogens with zero attached hydrogens (tertiary/aromatic N) is 4. The van der Waals surface area contributed by atoms with Crippen molar-refractivity contribution in [1.29, 1.82) is 0 Å². The first-order chi connectivity index (χ1) is 9.13. The molecule has 0 spiro atoms. The predicted octanol–water partition coefficient (Wildman–Crippen LogP) is 1.79. The van der Waals surface area contributed by atoms with Crippen LogP contribution >= 0.6 is 11.3 Å². The summed E-state index contributed by atoms with van der Waals surface area (Å²) in [6.45, 7) is 2.03. The van der Waals surface area contributed by atoms with Crippen LogP contribution in [0.15, 0.2) is 24.4 Å². The smallest absolute Gasteiger partial charge is 0.311 e. The largest absolute Gasteiger partial charge is 0.481 e. The SMILES string of the molecule is Cc1ccc(-c2ccnc3nc(CC(=O)O)nn23)s1. The second-order valence-corrected chi connectivity index (χ2v) is 5.34. The topological polar surface area (TPSA) is 80.4 Å². The normalized spacial score (nSPS) is 11.0. The van der Waals surface area contributed by atoms with Gasteiger partial charge in [0.05, 0.1) is 10.6 Å². The van der Waals surface area contributed by atoms with Gasteiger partial charge in [-0.15, -0.1) is 16.4 Å². The highest BCUT2D eigenvalue weighted by Crippen LogP contribution is 2.27. The van der Waals surface area contributed by atoms with Crippen LogP contribution in [-0.2, 0) is 11.2 Å². The van der Waals surface area contributed by atoms with E-state index in [1.54, 1.807) is 22.0 Å². The Labute approximate surface area is 112 Å². The van der Waals surface area contributed by atoms with E-state index in [9.17, 15) is 4.79 Å². The van der Waals surface area contributed by atoms with Gasteiger partial charge in [-0.2, -0.15) is 9.50 Å². The highest BCUT2D eigenvalue weighted by Gasteiger charge is 2.12. The summed E-state index contributed by atoms with van der Waals surface area (Å²) in [7, 11) is 0. The van der Waals surface area contributed by atoms with Crippen molar-refractivity contribution in [1.82, 2.24) is 19.6 Å². The Morgan fingerprint density at radius 2 is 2.26 bits per heavy atom. The van der Waals surface area contributed by atoms with E-state index in [1.165, 1.54) is 4.88 Å². The molecular weight excluding hydrogens is 264 g/mol. The molecule has 0 atom stereocenters. The number of carboxylic acid groups (broad SMARTS) is 1. The molecule has 0 aliphatic heterocycles. The van der Waals surface area contributed by atoms with Crippen LogP contribution in [-0.4, -0.2) is 30.7 Å². The van der Waals surface area contributed by atoms with Crippen LogP contribution < -0.4 is 0 Å². The monoisotopic (exact) mass is 274 g/mol. The minimum Gasteiger partial charge on any atom is -0.481 e. The molecule has 0 aliphatic rings. The Hall–Kier alpha value is -2.28. The van der Waals surface area contributed by atoms with Crippen LogP contribution in [0.4, 0.5) is 0 Å². The Morgan fingerprint density at radius 3 is 2.95 bits per heavy atom. The first-order valence-corrected chi connectivity index (χ1v) is 6.44. The first-order valence-electron chi connectivity index (χ1n) is 5.63. The number of hydrogen-bond acceptors (Lipinski definition) is 5. The lowest BCUT2D eigenvalue weighted by Crippen LogP contribution is -2.02. The van der Waals surface area contributed by atoms with Crippen molar-refractivity contribution < 1.29 is 9.90 Å². The molecule has 0 aliphatic carbocycles. The quantitative estimate of drug-likeness (QED) is 0.787. The average molecular weight is 274 g/mol. The van der Waals surface area contributed by atoms with Crippen LogP contribution in [0.1, 0.15) is 10.7 Å². The summed E-state index contributed by atoms with van der Waals surface area (Å²) in [6.07, 6.45) is 1.45. The highest BCUT2D eigenvalue weighted by atomic mass is 32.1. The number of fused-ring (bicyclic) bond motifs is 1. The van der Waals surface area contributed by atoms with Gasteiger partial charge in [0, 0.05) is 11.1 Å². The number of thiophene rings is 1. The Morgan fingerprint density at radius 1 is 1.42 bits per heavy atom. The molecule has 0 amide bonds. The molecule has 3 aromatic heterocycles. The van der Waals surface area contributed by atoms with E-state index in [0.717, 1.165) is 10.6 Å². The summed E-state index contributed by atoms with van der Waals surface area (Å²) in [6, 6.07) is 5.88. The van der Waals surface area contributed by atoms with Crippen molar-refractivity contribution in [3.8, 4) is 10.6 Å². The third-order valence-corrected chi connectivity index (χ3v) is 3.61. The molecule has 96 valence electrons. The summed E-state index contributed by atoms with van der Waals surface area (Å²) in [5.41, 5.74) is 0.868. The van der Waals surface area contributed by atoms with Gasteiger partial charge in [-0.25, -0.2) is 4.98 Å². The molecule has 3 rings (SSSR count). The Balaban J connectivity index is 2.14. The molecule has 3 aromatic rings. The van der Waals surface area contributed by atoms with E-state index in [4.69, 9.17) is 5.11 Å². The van der Waals surface area contributed by atoms with Gasteiger partial charge >= 0.3 is 5.97 Å². The maximum Gasteiger partial charge on any atom is 0.311 e. The molecule has 1 N–H and O–H groups in total. The van der Waals surface area contributed by atoms with Crippen molar-refractivity contribution >= 4 is 23.1 Å². The second-order valence-electron chi connectivity index (χ2n) is 4.05. The van der Waals surface area contributed by atoms with Crippen molar-refractivity contribution in [3.63, 3.8) is 0 Å². The van der Waals surface area contributed by atoms with Crippen LogP contribution in [0.3, 0.4) is 0 Å². The molecule has 0 saturated heterocycles. The lowest BCUT2D eigenvalue weighted by atomic mass is 10.3. The van der Waals surface area contributed by atoms with Gasteiger partial charge in [0.15, 0.2) is 5.82 Å². The lowest BCUT2D eigenvalue weighted by Gasteiger charge is -1.99. The number of aromatic nitrogens is 4. The third-order valence-electron chi connectivity index (χ3n) is 2.59. The van der Waals surface area contributed by atoms with Gasteiger partial charge in [0.25, 0.3) is 5.78 Å². The number of aliphatic carboxylic acids is 1. The summed E-state index contributed by atoms with van der Waals surface area (Å²) in [4.78, 5) is 21.2. The van der Waals surface area contributed by atoms with E-state index in [0.29, 0.717) is 5.78 Å². The summed E-state index contributed by atoms with van der Waals surface area (Å²) in [5.74, 6) is -0.273. The average Bonchev–Trinajstić information content (AvgIpc) is 2.93. The fraction of sp³-hybridized carbons (Fsp3) is 0.167. The second kappa shape index (κ2) is 4.43. The fourth-order valence-electron chi connectivity index (χ4n) is 1.80. The van der Waals surface area contributed by atoms with Gasteiger partial charge in [0.1, 0.15) is 6.42 Å². The van der Waals surface area contributed by atoms with Crippen LogP contribution in [0, 0.1) is 6.92 Å². The molecule has 6 nitrogen and oxygen atoms in total. The number of hydrogen-bond donors (Lipinski definition) is 1. The van der Waals surface area contributed by atoms with E-state index < -0.39 is 5.97 Å². The Bertz CT molecular complexity index is 762. The predicted molar refractivity (Wildman–Crippen MR) is 70.2 cm³/mol. The van der Waals surface area contributed by atoms with Gasteiger partial charge in [-0.1, -0.05) is 0 Å². The van der Waals surface area contributed by atoms with E-state index >= 15 is 0 Å². The zero-order valence-electron chi connectivity index (χ0n) is 10.1. The van der Waals surface area contributed by atoms with Gasteiger partial charge in [-0.05, 0) is 25.1 Å². The number of rotatable bonds is 3. The number of aryl methyl sites for hydroxylation is 1. The minimum absolute atomic E-state index is 0.202. The Kier molecular flexibility index (Phi) is 2.75. The van der Waals surface area contributed by atoms with Crippen LogP contribution in [0.2, 0.25) is 0 Å². The highest BCUT2D eigenvalue weighted by molar-refractivity contribution is 7.15. The number of carboxylic acids is 1. The molecule has 19 heavy (non-hydrogen) atoms. The summed E-state index contributed by atoms with van der Waals surface area (Å²) >= 11 is 1.65. The third kappa shape index (κ3) is 2.19. The zero-order chi connectivity index (χ0) is 13.4. The lowest BCUT2D eigenvalue weighted by molar-refractivity contribution is -0.136. The minimum atomic E-state index is -0.954. The summed E-state index contributed by atoms with van der Waals surface area (Å²) in [5, 5.41) is 13.0. The van der Waals surface area contributed by atoms with E-state index in [1.807, 2.05) is 25.1 Å². The van der Waals surface area contributed by atoms with E-state index in [2.05, 4.69) is 15.1 Å². The molecule has 0 unspecified atom stereocenters.